The predicted molar refractivity (Wildman–Crippen MR) is 120 cm³/mol. The molecule has 0 saturated heterocycles. The number of hydrogen-bond acceptors (Lipinski definition) is 10. The Morgan fingerprint density at radius 1 is 1.17 bits per heavy atom. The second kappa shape index (κ2) is 11.4. The van der Waals surface area contributed by atoms with Gasteiger partial charge < -0.3 is 30.7 Å². The average molecular weight is 518 g/mol. The van der Waals surface area contributed by atoms with Gasteiger partial charge in [0.2, 0.25) is 5.95 Å². The van der Waals surface area contributed by atoms with Crippen molar-refractivity contribution in [2.75, 3.05) is 5.32 Å². The maximum atomic E-state index is 12.4. The second-order valence-electron chi connectivity index (χ2n) is 8.23. The molecule has 0 bridgehead atoms. The first-order valence-electron chi connectivity index (χ1n) is 10.7. The summed E-state index contributed by atoms with van der Waals surface area (Å²) in [6.45, 7) is 1.28. The zero-order chi connectivity index (χ0) is 25.6. The van der Waals surface area contributed by atoms with Crippen LogP contribution >= 0.6 is 11.9 Å². The lowest BCUT2D eigenvalue weighted by atomic mass is 10.0. The highest BCUT2D eigenvalue weighted by Crippen LogP contribution is 2.35. The van der Waals surface area contributed by atoms with Crippen molar-refractivity contribution in [3.63, 3.8) is 0 Å². The Morgan fingerprint density at radius 2 is 1.83 bits per heavy atom. The van der Waals surface area contributed by atoms with Gasteiger partial charge in [-0.25, -0.2) is 14.8 Å². The molecule has 192 valence electrons. The molecular weight excluding hydrogens is 491 g/mol. The molecule has 3 rings (SSSR count). The fourth-order valence-corrected chi connectivity index (χ4v) is 4.14. The number of nitrogens with zero attached hydrogens (tertiary/aromatic N) is 2. The maximum absolute atomic E-state index is 12.4. The normalized spacial score (nSPS) is 19.3. The first kappa shape index (κ1) is 26.9. The average Bonchev–Trinajstić information content (AvgIpc) is 3.20. The van der Waals surface area contributed by atoms with Gasteiger partial charge in [0.05, 0.1) is 6.42 Å². The summed E-state index contributed by atoms with van der Waals surface area (Å²) < 4.78 is 44.5. The van der Waals surface area contributed by atoms with Crippen LogP contribution in [0.25, 0.3) is 0 Å². The van der Waals surface area contributed by atoms with E-state index in [1.54, 1.807) is 36.7 Å². The molecule has 0 spiro atoms. The summed E-state index contributed by atoms with van der Waals surface area (Å²) in [6.07, 6.45) is -4.51. The van der Waals surface area contributed by atoms with Crippen molar-refractivity contribution in [2.24, 2.45) is 0 Å². The number of aliphatic hydroxyl groups is 3. The minimum Gasteiger partial charge on any atom is -0.446 e. The van der Waals surface area contributed by atoms with Crippen LogP contribution in [0.4, 0.5) is 29.6 Å². The molecule has 6 N–H and O–H groups in total. The van der Waals surface area contributed by atoms with Crippen molar-refractivity contribution in [1.82, 2.24) is 20.0 Å². The van der Waals surface area contributed by atoms with E-state index in [0.717, 1.165) is 23.9 Å². The van der Waals surface area contributed by atoms with Gasteiger partial charge in [-0.2, -0.15) is 17.9 Å². The number of hydrogen-bond donors (Lipinski definition) is 6. The quantitative estimate of drug-likeness (QED) is 0.216. The van der Waals surface area contributed by atoms with E-state index in [4.69, 9.17) is 20.1 Å². The van der Waals surface area contributed by atoms with Crippen molar-refractivity contribution < 1.29 is 38.0 Å². The monoisotopic (exact) mass is 517 g/mol. The third-order valence-electron chi connectivity index (χ3n) is 5.12. The fourth-order valence-electron chi connectivity index (χ4n) is 3.61. The van der Waals surface area contributed by atoms with Crippen molar-refractivity contribution in [3.8, 4) is 0 Å². The highest BCUT2D eigenvalue weighted by molar-refractivity contribution is 7.97. The van der Waals surface area contributed by atoms with Crippen LogP contribution in [0, 0.1) is 0 Å². The smallest absolute Gasteiger partial charge is 0.407 e. The van der Waals surface area contributed by atoms with Gasteiger partial charge in [-0.15, -0.1) is 0 Å². The van der Waals surface area contributed by atoms with Gasteiger partial charge in [-0.05, 0) is 73.9 Å². The maximum Gasteiger partial charge on any atom is 0.407 e. The third kappa shape index (κ3) is 9.49. The Balaban J connectivity index is 1.46. The number of amides is 1. The van der Waals surface area contributed by atoms with E-state index in [9.17, 15) is 18.0 Å². The van der Waals surface area contributed by atoms with E-state index in [1.807, 2.05) is 4.72 Å². The number of nitrogens with one attached hydrogen (secondary N) is 3. The van der Waals surface area contributed by atoms with Gasteiger partial charge in [-0.1, -0.05) is 0 Å². The molecule has 3 unspecified atom stereocenters. The summed E-state index contributed by atoms with van der Waals surface area (Å²) in [5.74, 6) is 0.422. The SMILES string of the molecule is CC(CC(F)(F)F)NC(=O)OC1CCC(c2cnc(Nc3ccc(SNC(O)(O)O)cc3)nc2)C1. The topological polar surface area (TPSA) is 149 Å². The number of benzene rings is 1. The van der Waals surface area contributed by atoms with E-state index in [0.29, 0.717) is 29.4 Å². The summed E-state index contributed by atoms with van der Waals surface area (Å²) in [7, 11) is 0. The first-order chi connectivity index (χ1) is 16.4. The summed E-state index contributed by atoms with van der Waals surface area (Å²) in [5, 5.41) is 31.8. The second-order valence-corrected chi connectivity index (χ2v) is 9.11. The van der Waals surface area contributed by atoms with Crippen LogP contribution in [0.1, 0.15) is 44.1 Å². The van der Waals surface area contributed by atoms with E-state index >= 15 is 0 Å². The van der Waals surface area contributed by atoms with Gasteiger partial charge in [-0.3, -0.25) is 0 Å². The molecule has 1 aromatic carbocycles. The Morgan fingerprint density at radius 3 is 2.43 bits per heavy atom. The van der Waals surface area contributed by atoms with E-state index in [1.165, 1.54) is 6.92 Å². The van der Waals surface area contributed by atoms with Crippen molar-refractivity contribution in [1.29, 1.82) is 0 Å². The standard InChI is InChI=1S/C21H26F3N5O5S/c1-12(9-20(22,23)24)27-19(30)34-16-5-2-13(8-16)14-10-25-18(26-11-14)28-15-3-6-17(7-4-15)35-29-21(31,32)33/h3-4,6-7,10-13,16,29,31-33H,2,5,8-9H2,1H3,(H,27,30)(H,25,26,28). The minimum atomic E-state index is -4.36. The Kier molecular flexibility index (Phi) is 8.77. The molecule has 2 aromatic rings. The van der Waals surface area contributed by atoms with Crippen LogP contribution in [0.3, 0.4) is 0 Å². The molecular formula is C21H26F3N5O5S. The number of alkyl carbamates (subject to hydrolysis) is 1. The Labute approximate surface area is 203 Å². The molecule has 3 atom stereocenters. The number of anilines is 2. The molecule has 1 aliphatic carbocycles. The Bertz CT molecular complexity index is 973. The van der Waals surface area contributed by atoms with E-state index in [-0.39, 0.29) is 5.92 Å². The van der Waals surface area contributed by atoms with Crippen LogP contribution in [0.15, 0.2) is 41.6 Å². The number of rotatable bonds is 9. The summed E-state index contributed by atoms with van der Waals surface area (Å²) in [4.78, 5) is 21.1. The largest absolute Gasteiger partial charge is 0.446 e. The molecule has 1 amide bonds. The molecule has 1 aromatic heterocycles. The molecule has 1 aliphatic rings. The molecule has 35 heavy (non-hydrogen) atoms. The lowest BCUT2D eigenvalue weighted by Gasteiger charge is -2.18. The molecule has 1 saturated carbocycles. The van der Waals surface area contributed by atoms with Crippen molar-refractivity contribution in [3.05, 3.63) is 42.2 Å². The highest BCUT2D eigenvalue weighted by atomic mass is 32.2. The number of carbonyl (C=O) groups excluding carboxylic acids is 1. The lowest BCUT2D eigenvalue weighted by Crippen LogP contribution is -2.40. The van der Waals surface area contributed by atoms with Crippen LogP contribution in [0.2, 0.25) is 0 Å². The van der Waals surface area contributed by atoms with Crippen LogP contribution in [-0.4, -0.2) is 55.8 Å². The molecule has 10 nitrogen and oxygen atoms in total. The van der Waals surface area contributed by atoms with Gasteiger partial charge in [0.15, 0.2) is 0 Å². The molecule has 1 heterocycles. The third-order valence-corrected chi connectivity index (χ3v) is 6.00. The van der Waals surface area contributed by atoms with Gasteiger partial charge >= 0.3 is 18.4 Å². The lowest BCUT2D eigenvalue weighted by molar-refractivity contribution is -0.317. The Hall–Kier alpha value is -2.65. The fraction of sp³-hybridized carbons (Fsp3) is 0.476. The molecule has 0 aliphatic heterocycles. The van der Waals surface area contributed by atoms with E-state index < -0.39 is 36.9 Å². The van der Waals surface area contributed by atoms with E-state index in [2.05, 4.69) is 20.6 Å². The molecule has 1 fully saturated rings. The summed E-state index contributed by atoms with van der Waals surface area (Å²) in [6, 6.07) is 5.72. The summed E-state index contributed by atoms with van der Waals surface area (Å²) >= 11 is 0.827. The summed E-state index contributed by atoms with van der Waals surface area (Å²) in [5.41, 5.74) is 1.55. The van der Waals surface area contributed by atoms with Gasteiger partial charge in [0.1, 0.15) is 6.10 Å². The number of aromatic nitrogens is 2. The number of carbonyl (C=O) groups is 1. The zero-order valence-corrected chi connectivity index (χ0v) is 19.4. The number of ether oxygens (including phenoxy) is 1. The molecule has 14 heteroatoms. The number of halogens is 3. The van der Waals surface area contributed by atoms with Crippen LogP contribution < -0.4 is 15.4 Å². The minimum absolute atomic E-state index is 0.0648. The molecule has 0 radical (unpaired) electrons. The predicted octanol–water partition coefficient (Wildman–Crippen LogP) is 3.11. The van der Waals surface area contributed by atoms with Crippen LogP contribution in [0.5, 0.6) is 0 Å². The van der Waals surface area contributed by atoms with Crippen molar-refractivity contribution >= 4 is 29.7 Å². The number of alkyl halides is 3. The zero-order valence-electron chi connectivity index (χ0n) is 18.6. The van der Waals surface area contributed by atoms with Crippen molar-refractivity contribution in [2.45, 2.75) is 67.8 Å². The highest BCUT2D eigenvalue weighted by Gasteiger charge is 2.32. The van der Waals surface area contributed by atoms with Crippen LogP contribution in [-0.2, 0) is 4.74 Å². The first-order valence-corrected chi connectivity index (χ1v) is 11.5. The van der Waals surface area contributed by atoms with Gasteiger partial charge in [0, 0.05) is 29.0 Å². The van der Waals surface area contributed by atoms with Gasteiger partial charge in [0.25, 0.3) is 0 Å².